The van der Waals surface area contributed by atoms with Gasteiger partial charge in [-0.3, -0.25) is 9.78 Å². The summed E-state index contributed by atoms with van der Waals surface area (Å²) in [7, 11) is 0. The first kappa shape index (κ1) is 13.7. The molecule has 1 aromatic carbocycles. The van der Waals surface area contributed by atoms with Crippen LogP contribution in [0, 0.1) is 6.92 Å². The number of aryl methyl sites for hydroxylation is 1. The third-order valence-electron chi connectivity index (χ3n) is 2.92. The smallest absolute Gasteiger partial charge is 0.252 e. The Morgan fingerprint density at radius 1 is 1.26 bits per heavy atom. The zero-order valence-electron chi connectivity index (χ0n) is 10.9. The van der Waals surface area contributed by atoms with Gasteiger partial charge >= 0.3 is 0 Å². The number of aromatic nitrogens is 1. The quantitative estimate of drug-likeness (QED) is 0.938. The van der Waals surface area contributed by atoms with Crippen molar-refractivity contribution in [1.82, 2.24) is 10.3 Å². The van der Waals surface area contributed by atoms with E-state index in [9.17, 15) is 4.79 Å². The summed E-state index contributed by atoms with van der Waals surface area (Å²) in [5.74, 6) is -0.0869. The molecule has 1 amide bonds. The number of rotatable bonds is 3. The third kappa shape index (κ3) is 3.41. The number of hydrogen-bond acceptors (Lipinski definition) is 2. The highest BCUT2D eigenvalue weighted by molar-refractivity contribution is 9.10. The van der Waals surface area contributed by atoms with Gasteiger partial charge in [0.05, 0.1) is 11.6 Å². The molecule has 98 valence electrons. The van der Waals surface area contributed by atoms with Gasteiger partial charge in [-0.05, 0) is 65.2 Å². The highest BCUT2D eigenvalue weighted by atomic mass is 79.9. The Balaban J connectivity index is 2.13. The van der Waals surface area contributed by atoms with Crippen LogP contribution in [0.25, 0.3) is 0 Å². The zero-order valence-corrected chi connectivity index (χ0v) is 12.4. The molecule has 0 bridgehead atoms. The van der Waals surface area contributed by atoms with Crippen LogP contribution in [-0.4, -0.2) is 10.9 Å². The lowest BCUT2D eigenvalue weighted by Crippen LogP contribution is -2.26. The number of benzene rings is 1. The lowest BCUT2D eigenvalue weighted by molar-refractivity contribution is 0.0939. The van der Waals surface area contributed by atoms with E-state index in [2.05, 4.69) is 26.2 Å². The Kier molecular flexibility index (Phi) is 4.32. The van der Waals surface area contributed by atoms with E-state index in [0.29, 0.717) is 5.56 Å². The van der Waals surface area contributed by atoms with Crippen LogP contribution >= 0.6 is 15.9 Å². The van der Waals surface area contributed by atoms with Crippen molar-refractivity contribution in [3.8, 4) is 0 Å². The van der Waals surface area contributed by atoms with Crippen LogP contribution in [-0.2, 0) is 0 Å². The Morgan fingerprint density at radius 2 is 1.95 bits per heavy atom. The number of carbonyl (C=O) groups excluding carboxylic acids is 1. The van der Waals surface area contributed by atoms with Gasteiger partial charge in [-0.15, -0.1) is 0 Å². The Morgan fingerprint density at radius 3 is 2.58 bits per heavy atom. The summed E-state index contributed by atoms with van der Waals surface area (Å²) in [5, 5.41) is 2.98. The molecule has 0 radical (unpaired) electrons. The Bertz CT molecular complexity index is 584. The second kappa shape index (κ2) is 5.97. The van der Waals surface area contributed by atoms with Gasteiger partial charge in [0, 0.05) is 16.9 Å². The lowest BCUT2D eigenvalue weighted by atomic mass is 10.1. The molecule has 0 aliphatic heterocycles. The third-order valence-corrected chi connectivity index (χ3v) is 3.58. The monoisotopic (exact) mass is 318 g/mol. The molecule has 1 atom stereocenters. The van der Waals surface area contributed by atoms with E-state index < -0.39 is 0 Å². The summed E-state index contributed by atoms with van der Waals surface area (Å²) in [5.41, 5.74) is 2.80. The predicted octanol–water partition coefficient (Wildman–Crippen LogP) is 3.64. The van der Waals surface area contributed by atoms with E-state index in [0.717, 1.165) is 15.6 Å². The van der Waals surface area contributed by atoms with Gasteiger partial charge in [-0.25, -0.2) is 0 Å². The van der Waals surface area contributed by atoms with Gasteiger partial charge in [-0.1, -0.05) is 6.07 Å². The van der Waals surface area contributed by atoms with Crippen LogP contribution in [0.1, 0.15) is 34.5 Å². The van der Waals surface area contributed by atoms with Gasteiger partial charge in [-0.2, -0.15) is 0 Å². The van der Waals surface area contributed by atoms with Gasteiger partial charge in [0.1, 0.15) is 0 Å². The molecule has 1 N–H and O–H groups in total. The lowest BCUT2D eigenvalue weighted by Gasteiger charge is -2.15. The maximum Gasteiger partial charge on any atom is 0.252 e. The standard InChI is InChI=1S/C15H15BrN2O/c1-10-3-4-13(14(16)9-10)15(19)18-11(2)12-5-7-17-8-6-12/h3-9,11H,1-2H3,(H,18,19). The molecular formula is C15H15BrN2O. The SMILES string of the molecule is Cc1ccc(C(=O)NC(C)c2ccncc2)c(Br)c1. The van der Waals surface area contributed by atoms with Crippen molar-refractivity contribution in [2.24, 2.45) is 0 Å². The minimum absolute atomic E-state index is 0.0521. The molecule has 1 heterocycles. The molecule has 1 aromatic heterocycles. The number of pyridine rings is 1. The summed E-state index contributed by atoms with van der Waals surface area (Å²) in [6, 6.07) is 9.44. The fraction of sp³-hybridized carbons (Fsp3) is 0.200. The predicted molar refractivity (Wildman–Crippen MR) is 79.0 cm³/mol. The molecule has 2 rings (SSSR count). The first-order valence-electron chi connectivity index (χ1n) is 6.05. The van der Waals surface area contributed by atoms with Crippen molar-refractivity contribution in [3.05, 3.63) is 63.9 Å². The molecule has 3 nitrogen and oxygen atoms in total. The molecule has 2 aromatic rings. The molecule has 0 saturated heterocycles. The number of hydrogen-bond donors (Lipinski definition) is 1. The summed E-state index contributed by atoms with van der Waals surface area (Å²) in [6.45, 7) is 3.95. The van der Waals surface area contributed by atoms with E-state index in [-0.39, 0.29) is 11.9 Å². The second-order valence-corrected chi connectivity index (χ2v) is 5.31. The summed E-state index contributed by atoms with van der Waals surface area (Å²) < 4.78 is 0.812. The van der Waals surface area contributed by atoms with Gasteiger partial charge in [0.15, 0.2) is 0 Å². The summed E-state index contributed by atoms with van der Waals surface area (Å²) in [6.07, 6.45) is 3.44. The maximum atomic E-state index is 12.2. The van der Waals surface area contributed by atoms with Crippen LogP contribution in [0.5, 0.6) is 0 Å². The average molecular weight is 319 g/mol. The summed E-state index contributed by atoms with van der Waals surface area (Å²) >= 11 is 3.42. The molecule has 0 saturated carbocycles. The van der Waals surface area contributed by atoms with Crippen LogP contribution in [0.4, 0.5) is 0 Å². The van der Waals surface area contributed by atoms with Crippen molar-refractivity contribution >= 4 is 21.8 Å². The molecular weight excluding hydrogens is 304 g/mol. The van der Waals surface area contributed by atoms with Crippen molar-refractivity contribution in [1.29, 1.82) is 0 Å². The molecule has 4 heteroatoms. The minimum Gasteiger partial charge on any atom is -0.345 e. The van der Waals surface area contributed by atoms with Gasteiger partial charge < -0.3 is 5.32 Å². The van der Waals surface area contributed by atoms with Crippen molar-refractivity contribution in [2.75, 3.05) is 0 Å². The van der Waals surface area contributed by atoms with Gasteiger partial charge in [0.25, 0.3) is 5.91 Å². The van der Waals surface area contributed by atoms with E-state index >= 15 is 0 Å². The van der Waals surface area contributed by atoms with Crippen molar-refractivity contribution in [3.63, 3.8) is 0 Å². The Labute approximate surface area is 121 Å². The maximum absolute atomic E-state index is 12.2. The van der Waals surface area contributed by atoms with Gasteiger partial charge in [0.2, 0.25) is 0 Å². The van der Waals surface area contributed by atoms with E-state index in [4.69, 9.17) is 0 Å². The highest BCUT2D eigenvalue weighted by Crippen LogP contribution is 2.19. The van der Waals surface area contributed by atoms with E-state index in [1.165, 1.54) is 0 Å². The van der Waals surface area contributed by atoms with Crippen LogP contribution in [0.3, 0.4) is 0 Å². The molecule has 0 fully saturated rings. The molecule has 0 spiro atoms. The fourth-order valence-corrected chi connectivity index (χ4v) is 2.49. The minimum atomic E-state index is -0.0869. The van der Waals surface area contributed by atoms with E-state index in [1.807, 2.05) is 44.2 Å². The normalized spacial score (nSPS) is 11.9. The van der Waals surface area contributed by atoms with Crippen LogP contribution in [0.2, 0.25) is 0 Å². The molecule has 1 unspecified atom stereocenters. The van der Waals surface area contributed by atoms with E-state index in [1.54, 1.807) is 12.4 Å². The van der Waals surface area contributed by atoms with Crippen molar-refractivity contribution < 1.29 is 4.79 Å². The number of carbonyl (C=O) groups is 1. The molecule has 0 aliphatic carbocycles. The number of nitrogens with one attached hydrogen (secondary N) is 1. The Hall–Kier alpha value is -1.68. The first-order valence-corrected chi connectivity index (χ1v) is 6.84. The fourth-order valence-electron chi connectivity index (χ4n) is 1.81. The van der Waals surface area contributed by atoms with Crippen LogP contribution in [0.15, 0.2) is 47.2 Å². The first-order chi connectivity index (χ1) is 9.08. The highest BCUT2D eigenvalue weighted by Gasteiger charge is 2.13. The molecule has 19 heavy (non-hydrogen) atoms. The second-order valence-electron chi connectivity index (χ2n) is 4.46. The molecule has 0 aliphatic rings. The average Bonchev–Trinajstić information content (AvgIpc) is 2.39. The van der Waals surface area contributed by atoms with Crippen molar-refractivity contribution in [2.45, 2.75) is 19.9 Å². The zero-order chi connectivity index (χ0) is 13.8. The number of amides is 1. The number of nitrogens with zero attached hydrogens (tertiary/aromatic N) is 1. The topological polar surface area (TPSA) is 42.0 Å². The summed E-state index contributed by atoms with van der Waals surface area (Å²) in [4.78, 5) is 16.2. The largest absolute Gasteiger partial charge is 0.345 e. The number of halogens is 1. The van der Waals surface area contributed by atoms with Crippen LogP contribution < -0.4 is 5.32 Å².